The molecule has 0 aromatic carbocycles. The molecule has 19 heavy (non-hydrogen) atoms. The molecule has 1 fully saturated rings. The quantitative estimate of drug-likeness (QED) is 0.760. The van der Waals surface area contributed by atoms with Crippen LogP contribution in [0, 0.1) is 0 Å². The number of aliphatic hydroxyl groups excluding tert-OH is 1. The molecule has 0 unspecified atom stereocenters. The lowest BCUT2D eigenvalue weighted by molar-refractivity contribution is 0.172. The van der Waals surface area contributed by atoms with Gasteiger partial charge in [-0.1, -0.05) is 26.2 Å². The number of hydrogen-bond acceptors (Lipinski definition) is 5. The molecule has 1 aliphatic rings. The first-order chi connectivity index (χ1) is 9.21. The Morgan fingerprint density at radius 2 is 1.89 bits per heavy atom. The fourth-order valence-electron chi connectivity index (χ4n) is 2.67. The summed E-state index contributed by atoms with van der Waals surface area (Å²) in [5, 5.41) is 16.2. The Hall–Kier alpha value is -1.36. The maximum atomic E-state index is 9.73. The molecule has 1 aromatic rings. The number of aromatic nitrogens is 2. The van der Waals surface area contributed by atoms with Gasteiger partial charge in [-0.25, -0.2) is 9.97 Å². The summed E-state index contributed by atoms with van der Waals surface area (Å²) in [6, 6.07) is 1.91. The fourth-order valence-corrected chi connectivity index (χ4v) is 2.67. The van der Waals surface area contributed by atoms with Crippen molar-refractivity contribution >= 4 is 11.6 Å². The Kier molecular flexibility index (Phi) is 4.58. The van der Waals surface area contributed by atoms with E-state index < -0.39 is 0 Å². The zero-order valence-corrected chi connectivity index (χ0v) is 11.9. The van der Waals surface area contributed by atoms with Gasteiger partial charge >= 0.3 is 0 Å². The van der Waals surface area contributed by atoms with Gasteiger partial charge in [-0.3, -0.25) is 0 Å². The first-order valence-corrected chi connectivity index (χ1v) is 7.16. The monoisotopic (exact) mass is 264 g/mol. The van der Waals surface area contributed by atoms with Crippen LogP contribution in [0.2, 0.25) is 0 Å². The topological polar surface area (TPSA) is 70.1 Å². The molecule has 1 heterocycles. The molecule has 0 atom stereocenters. The highest BCUT2D eigenvalue weighted by atomic mass is 16.3. The molecule has 5 nitrogen and oxygen atoms in total. The number of nitrogens with one attached hydrogen (secondary N) is 2. The molecule has 0 radical (unpaired) electrons. The second-order valence-corrected chi connectivity index (χ2v) is 5.28. The molecule has 1 aliphatic carbocycles. The van der Waals surface area contributed by atoms with Crippen LogP contribution in [0.4, 0.5) is 11.6 Å². The maximum Gasteiger partial charge on any atom is 0.132 e. The van der Waals surface area contributed by atoms with Gasteiger partial charge in [0.25, 0.3) is 0 Å². The van der Waals surface area contributed by atoms with E-state index in [1.165, 1.54) is 6.42 Å². The van der Waals surface area contributed by atoms with Crippen LogP contribution in [0.3, 0.4) is 0 Å². The van der Waals surface area contributed by atoms with Gasteiger partial charge in [-0.15, -0.1) is 0 Å². The smallest absolute Gasteiger partial charge is 0.132 e. The van der Waals surface area contributed by atoms with Crippen molar-refractivity contribution in [3.63, 3.8) is 0 Å². The number of hydrogen-bond donors (Lipinski definition) is 3. The van der Waals surface area contributed by atoms with Crippen molar-refractivity contribution in [3.05, 3.63) is 11.9 Å². The lowest BCUT2D eigenvalue weighted by atomic mass is 9.82. The molecule has 106 valence electrons. The highest BCUT2D eigenvalue weighted by Gasteiger charge is 2.31. The van der Waals surface area contributed by atoms with Gasteiger partial charge in [0.1, 0.15) is 17.5 Å². The molecule has 3 N–H and O–H groups in total. The Morgan fingerprint density at radius 1 is 1.21 bits per heavy atom. The molecule has 1 saturated carbocycles. The number of anilines is 2. The molecular formula is C14H24N4O. The van der Waals surface area contributed by atoms with Crippen LogP contribution in [0.15, 0.2) is 6.07 Å². The third-order valence-electron chi connectivity index (χ3n) is 3.85. The van der Waals surface area contributed by atoms with Crippen molar-refractivity contribution < 1.29 is 5.11 Å². The number of aryl methyl sites for hydroxylation is 1. The molecule has 0 spiro atoms. The van der Waals surface area contributed by atoms with E-state index in [1.54, 1.807) is 0 Å². The highest BCUT2D eigenvalue weighted by Crippen LogP contribution is 2.31. The zero-order valence-electron chi connectivity index (χ0n) is 11.9. The lowest BCUT2D eigenvalue weighted by Crippen LogP contribution is -2.44. The highest BCUT2D eigenvalue weighted by molar-refractivity contribution is 5.48. The van der Waals surface area contributed by atoms with Crippen LogP contribution in [0.25, 0.3) is 0 Å². The van der Waals surface area contributed by atoms with E-state index in [0.29, 0.717) is 0 Å². The molecule has 5 heteroatoms. The molecule has 2 rings (SSSR count). The van der Waals surface area contributed by atoms with Crippen LogP contribution >= 0.6 is 0 Å². The predicted octanol–water partition coefficient (Wildman–Crippen LogP) is 2.19. The molecule has 0 amide bonds. The third kappa shape index (κ3) is 3.35. The Morgan fingerprint density at radius 3 is 2.47 bits per heavy atom. The first kappa shape index (κ1) is 14.1. The van der Waals surface area contributed by atoms with Crippen LogP contribution < -0.4 is 10.6 Å². The minimum absolute atomic E-state index is 0.160. The van der Waals surface area contributed by atoms with Gasteiger partial charge in [0.2, 0.25) is 0 Å². The van der Waals surface area contributed by atoms with Crippen molar-refractivity contribution in [2.45, 2.75) is 51.0 Å². The molecule has 0 aliphatic heterocycles. The Bertz CT molecular complexity index is 394. The van der Waals surface area contributed by atoms with Crippen molar-refractivity contribution in [1.29, 1.82) is 0 Å². The standard InChI is InChI=1S/C14H24N4O/c1-3-11-16-12(15-2)9-13(17-11)18-14(10-19)7-5-4-6-8-14/h9,19H,3-8,10H2,1-2H3,(H2,15,16,17,18). The first-order valence-electron chi connectivity index (χ1n) is 7.16. The fraction of sp³-hybridized carbons (Fsp3) is 0.714. The predicted molar refractivity (Wildman–Crippen MR) is 77.5 cm³/mol. The summed E-state index contributed by atoms with van der Waals surface area (Å²) in [6.45, 7) is 2.20. The summed E-state index contributed by atoms with van der Waals surface area (Å²) in [6.07, 6.45) is 6.40. The maximum absolute atomic E-state index is 9.73. The average molecular weight is 264 g/mol. The van der Waals surface area contributed by atoms with Crippen molar-refractivity contribution in [2.24, 2.45) is 0 Å². The summed E-state index contributed by atoms with van der Waals surface area (Å²) in [5.41, 5.74) is -0.206. The third-order valence-corrected chi connectivity index (χ3v) is 3.85. The Labute approximate surface area is 114 Å². The lowest BCUT2D eigenvalue weighted by Gasteiger charge is -2.37. The van der Waals surface area contributed by atoms with E-state index in [9.17, 15) is 5.11 Å². The van der Waals surface area contributed by atoms with Gasteiger partial charge in [-0.05, 0) is 12.8 Å². The average Bonchev–Trinajstić information content (AvgIpc) is 2.47. The summed E-state index contributed by atoms with van der Waals surface area (Å²) < 4.78 is 0. The summed E-state index contributed by atoms with van der Waals surface area (Å²) in [4.78, 5) is 8.90. The van der Waals surface area contributed by atoms with E-state index in [-0.39, 0.29) is 12.1 Å². The van der Waals surface area contributed by atoms with E-state index in [4.69, 9.17) is 0 Å². The Balaban J connectivity index is 2.20. The normalized spacial score (nSPS) is 18.1. The van der Waals surface area contributed by atoms with Gasteiger partial charge < -0.3 is 15.7 Å². The summed E-state index contributed by atoms with van der Waals surface area (Å²) in [7, 11) is 1.86. The van der Waals surface area contributed by atoms with Gasteiger partial charge in [0.05, 0.1) is 12.1 Å². The van der Waals surface area contributed by atoms with Crippen LogP contribution in [0.5, 0.6) is 0 Å². The second-order valence-electron chi connectivity index (χ2n) is 5.28. The number of nitrogens with zero attached hydrogens (tertiary/aromatic N) is 2. The number of rotatable bonds is 5. The summed E-state index contributed by atoms with van der Waals surface area (Å²) in [5.74, 6) is 2.45. The SMILES string of the molecule is CCc1nc(NC)cc(NC2(CO)CCCCC2)n1. The number of aliphatic hydroxyl groups is 1. The zero-order chi connectivity index (χ0) is 13.7. The van der Waals surface area contributed by atoms with Gasteiger partial charge in [0.15, 0.2) is 0 Å². The van der Waals surface area contributed by atoms with Crippen molar-refractivity contribution in [3.8, 4) is 0 Å². The summed E-state index contributed by atoms with van der Waals surface area (Å²) >= 11 is 0. The molecular weight excluding hydrogens is 240 g/mol. The molecule has 0 bridgehead atoms. The molecule has 1 aromatic heterocycles. The van der Waals surface area contributed by atoms with Crippen molar-refractivity contribution in [1.82, 2.24) is 9.97 Å². The van der Waals surface area contributed by atoms with E-state index >= 15 is 0 Å². The minimum Gasteiger partial charge on any atom is -0.394 e. The minimum atomic E-state index is -0.206. The van der Waals surface area contributed by atoms with E-state index in [2.05, 4.69) is 20.6 Å². The van der Waals surface area contributed by atoms with E-state index in [1.807, 2.05) is 20.0 Å². The van der Waals surface area contributed by atoms with Crippen LogP contribution in [-0.2, 0) is 6.42 Å². The van der Waals surface area contributed by atoms with Gasteiger partial charge in [-0.2, -0.15) is 0 Å². The van der Waals surface area contributed by atoms with E-state index in [0.717, 1.165) is 49.6 Å². The molecule has 0 saturated heterocycles. The van der Waals surface area contributed by atoms with Crippen LogP contribution in [-0.4, -0.2) is 34.3 Å². The van der Waals surface area contributed by atoms with Crippen LogP contribution in [0.1, 0.15) is 44.9 Å². The van der Waals surface area contributed by atoms with Gasteiger partial charge in [0, 0.05) is 19.5 Å². The largest absolute Gasteiger partial charge is 0.394 e. The van der Waals surface area contributed by atoms with Crippen molar-refractivity contribution in [2.75, 3.05) is 24.3 Å². The second kappa shape index (κ2) is 6.19.